The molecule has 1 fully saturated rings. The number of nitrogens with two attached hydrogens (primary N) is 1. The number of carbonyl (C=O) groups excluding carboxylic acids is 1. The summed E-state index contributed by atoms with van der Waals surface area (Å²) in [6, 6.07) is 5.11. The molecule has 1 aliphatic rings. The van der Waals surface area contributed by atoms with Crippen molar-refractivity contribution in [2.75, 3.05) is 13.7 Å². The molecule has 2 heterocycles. The van der Waals surface area contributed by atoms with Gasteiger partial charge in [0.2, 0.25) is 0 Å². The fourth-order valence-corrected chi connectivity index (χ4v) is 3.25. The number of aromatic nitrogens is 3. The molecule has 2 aromatic rings. The van der Waals surface area contributed by atoms with Gasteiger partial charge in [-0.2, -0.15) is 0 Å². The number of amides is 1. The lowest BCUT2D eigenvalue weighted by Crippen LogP contribution is -2.16. The summed E-state index contributed by atoms with van der Waals surface area (Å²) >= 11 is 3.80. The Labute approximate surface area is 143 Å². The molecule has 2 N–H and O–H groups in total. The molecular weight excluding hydrogens is 355 g/mol. The molecule has 1 saturated heterocycles. The van der Waals surface area contributed by atoms with Crippen LogP contribution in [0.4, 0.5) is 0 Å². The molecule has 3 atom stereocenters. The molecule has 0 spiro atoms. The van der Waals surface area contributed by atoms with Crippen molar-refractivity contribution < 1.29 is 23.1 Å². The van der Waals surface area contributed by atoms with Crippen LogP contribution in [0.3, 0.4) is 0 Å². The van der Waals surface area contributed by atoms with Crippen molar-refractivity contribution in [3.05, 3.63) is 23.8 Å². The molecule has 24 heavy (non-hydrogen) atoms. The van der Waals surface area contributed by atoms with E-state index in [-0.39, 0.29) is 18.9 Å². The first kappa shape index (κ1) is 17.4. The van der Waals surface area contributed by atoms with Crippen LogP contribution in [0.5, 0.6) is 0 Å². The van der Waals surface area contributed by atoms with Crippen molar-refractivity contribution >= 4 is 36.0 Å². The number of thiol groups is 1. The first-order valence-corrected chi connectivity index (χ1v) is 9.93. The highest BCUT2D eigenvalue weighted by molar-refractivity contribution is 8.44. The summed E-state index contributed by atoms with van der Waals surface area (Å²) in [7, 11) is 1.27. The highest BCUT2D eigenvalue weighted by Gasteiger charge is 2.31. The number of ether oxygens (including phenoxy) is 1. The Kier molecular flexibility index (Phi) is 4.93. The smallest absolute Gasteiger partial charge is 0.366 e. The first-order valence-electron chi connectivity index (χ1n) is 7.23. The van der Waals surface area contributed by atoms with E-state index >= 15 is 0 Å². The Morgan fingerprint density at radius 1 is 1.54 bits per heavy atom. The lowest BCUT2D eigenvalue weighted by Gasteiger charge is -2.16. The molecule has 11 heteroatoms. The zero-order valence-electron chi connectivity index (χ0n) is 12.9. The van der Waals surface area contributed by atoms with Crippen molar-refractivity contribution in [3.8, 4) is 0 Å². The zero-order valence-corrected chi connectivity index (χ0v) is 14.7. The number of hydrogen-bond acceptors (Lipinski definition) is 7. The molecule has 0 bridgehead atoms. The summed E-state index contributed by atoms with van der Waals surface area (Å²) < 4.78 is 28.9. The summed E-state index contributed by atoms with van der Waals surface area (Å²) in [5.41, 5.74) is 6.76. The number of hydrogen-bond donors (Lipinski definition) is 2. The maximum absolute atomic E-state index is 11.6. The van der Waals surface area contributed by atoms with Crippen LogP contribution >= 0.6 is 19.0 Å². The number of primary amides is 1. The largest absolute Gasteiger partial charge is 0.385 e. The van der Waals surface area contributed by atoms with Gasteiger partial charge in [0.05, 0.1) is 23.8 Å². The second kappa shape index (κ2) is 6.81. The summed E-state index contributed by atoms with van der Waals surface area (Å²) in [6.07, 6.45) is 0.758. The van der Waals surface area contributed by atoms with E-state index in [2.05, 4.69) is 27.1 Å². The Balaban J connectivity index is 1.75. The van der Waals surface area contributed by atoms with Crippen LogP contribution in [-0.4, -0.2) is 40.7 Å². The maximum Gasteiger partial charge on any atom is 0.385 e. The van der Waals surface area contributed by atoms with Gasteiger partial charge < -0.3 is 15.0 Å². The van der Waals surface area contributed by atoms with Crippen LogP contribution in [0.1, 0.15) is 29.4 Å². The normalized spacial score (nSPS) is 23.4. The average Bonchev–Trinajstić information content (AvgIpc) is 3.18. The molecule has 1 aromatic heterocycles. The molecule has 1 aliphatic heterocycles. The van der Waals surface area contributed by atoms with E-state index in [9.17, 15) is 9.36 Å². The quantitative estimate of drug-likeness (QED) is 0.587. The molecular formula is C13H17N4O5PS. The number of nitrogens with zero attached hydrogens (tertiary/aromatic N) is 3. The fraction of sp³-hybridized carbons (Fsp3) is 0.462. The van der Waals surface area contributed by atoms with E-state index in [1.807, 2.05) is 0 Å². The van der Waals surface area contributed by atoms with E-state index < -0.39 is 12.7 Å². The molecule has 3 unspecified atom stereocenters. The Morgan fingerprint density at radius 2 is 2.33 bits per heavy atom. The predicted molar refractivity (Wildman–Crippen MR) is 88.7 cm³/mol. The van der Waals surface area contributed by atoms with Gasteiger partial charge in [0.1, 0.15) is 5.52 Å². The van der Waals surface area contributed by atoms with Crippen LogP contribution in [0.15, 0.2) is 18.2 Å². The standard InChI is InChI=1S/C13H17N4O5PS/c1-20-23(19,24)21-7-8-5-6-11(22-8)17-10-4-2-3-9(13(14)18)12(10)15-16-17/h2-4,8,11H,5-7H2,1H3,(H2,14,18)(H,19,24). The molecule has 1 aromatic carbocycles. The van der Waals surface area contributed by atoms with Gasteiger partial charge in [0.25, 0.3) is 5.91 Å². The first-order chi connectivity index (χ1) is 11.4. The zero-order chi connectivity index (χ0) is 17.3. The monoisotopic (exact) mass is 372 g/mol. The summed E-state index contributed by atoms with van der Waals surface area (Å²) in [4.78, 5) is 11.5. The SMILES string of the molecule is COP(=O)(S)OCC1CCC(n2nnc3c(C(N)=O)cccc32)O1. The topological polar surface area (TPSA) is 119 Å². The number of fused-ring (bicyclic) bond motifs is 1. The van der Waals surface area contributed by atoms with Crippen molar-refractivity contribution in [2.24, 2.45) is 5.73 Å². The Bertz CT molecular complexity index is 813. The average molecular weight is 372 g/mol. The van der Waals surface area contributed by atoms with Crippen LogP contribution < -0.4 is 5.73 Å². The van der Waals surface area contributed by atoms with Crippen LogP contribution in [0.2, 0.25) is 0 Å². The molecule has 0 radical (unpaired) electrons. The second-order valence-electron chi connectivity index (χ2n) is 5.31. The van der Waals surface area contributed by atoms with Crippen LogP contribution in [-0.2, 0) is 18.3 Å². The number of carbonyl (C=O) groups is 1. The predicted octanol–water partition coefficient (Wildman–Crippen LogP) is 1.91. The van der Waals surface area contributed by atoms with E-state index in [1.165, 1.54) is 7.11 Å². The summed E-state index contributed by atoms with van der Waals surface area (Å²) in [5, 5.41) is 8.11. The lowest BCUT2D eigenvalue weighted by atomic mass is 10.1. The molecule has 3 rings (SSSR count). The van der Waals surface area contributed by atoms with E-state index in [0.717, 1.165) is 0 Å². The second-order valence-corrected chi connectivity index (χ2v) is 8.34. The maximum atomic E-state index is 11.6. The molecule has 9 nitrogen and oxygen atoms in total. The van der Waals surface area contributed by atoms with Gasteiger partial charge in [-0.25, -0.2) is 9.25 Å². The third-order valence-electron chi connectivity index (χ3n) is 3.78. The van der Waals surface area contributed by atoms with Crippen molar-refractivity contribution in [1.29, 1.82) is 0 Å². The lowest BCUT2D eigenvalue weighted by molar-refractivity contribution is -0.0233. The molecule has 1 amide bonds. The third-order valence-corrected chi connectivity index (χ3v) is 5.55. The fourth-order valence-electron chi connectivity index (χ4n) is 2.59. The van der Waals surface area contributed by atoms with E-state index in [1.54, 1.807) is 22.9 Å². The number of benzene rings is 1. The van der Waals surface area contributed by atoms with E-state index in [0.29, 0.717) is 29.4 Å². The van der Waals surface area contributed by atoms with Crippen molar-refractivity contribution in [3.63, 3.8) is 0 Å². The third kappa shape index (κ3) is 3.47. The van der Waals surface area contributed by atoms with Crippen molar-refractivity contribution in [1.82, 2.24) is 15.0 Å². The van der Waals surface area contributed by atoms with Gasteiger partial charge in [0, 0.05) is 7.11 Å². The van der Waals surface area contributed by atoms with Crippen molar-refractivity contribution in [2.45, 2.75) is 25.2 Å². The minimum atomic E-state index is -3.33. The Hall–Kier alpha value is -1.45. The molecule has 130 valence electrons. The summed E-state index contributed by atoms with van der Waals surface area (Å²) in [5.74, 6) is -0.560. The van der Waals surface area contributed by atoms with Gasteiger partial charge in [-0.05, 0) is 25.0 Å². The summed E-state index contributed by atoms with van der Waals surface area (Å²) in [6.45, 7) is -3.23. The van der Waals surface area contributed by atoms with Gasteiger partial charge in [-0.3, -0.25) is 9.32 Å². The van der Waals surface area contributed by atoms with E-state index in [4.69, 9.17) is 15.0 Å². The van der Waals surface area contributed by atoms with Gasteiger partial charge >= 0.3 is 6.80 Å². The van der Waals surface area contributed by atoms with Gasteiger partial charge in [-0.15, -0.1) is 5.10 Å². The molecule has 0 aliphatic carbocycles. The highest BCUT2D eigenvalue weighted by Crippen LogP contribution is 2.52. The van der Waals surface area contributed by atoms with Gasteiger partial charge in [0.15, 0.2) is 6.23 Å². The minimum Gasteiger partial charge on any atom is -0.366 e. The highest BCUT2D eigenvalue weighted by atomic mass is 32.7. The molecule has 0 saturated carbocycles. The minimum absolute atomic E-state index is 0.101. The van der Waals surface area contributed by atoms with Gasteiger partial charge in [-0.1, -0.05) is 23.5 Å². The Morgan fingerprint density at radius 3 is 3.04 bits per heavy atom. The van der Waals surface area contributed by atoms with Crippen LogP contribution in [0, 0.1) is 0 Å². The number of rotatable bonds is 6. The van der Waals surface area contributed by atoms with Crippen LogP contribution in [0.25, 0.3) is 11.0 Å².